The molecule has 11 atom stereocenters. The minimum Gasteiger partial charge on any atom is -0.393 e. The van der Waals surface area contributed by atoms with Crippen LogP contribution in [0, 0.1) is 52.3 Å². The molecule has 1 N–H and O–H groups in total. The minimum atomic E-state index is -0.0915. The minimum absolute atomic E-state index is 0.0915. The van der Waals surface area contributed by atoms with Gasteiger partial charge in [0.05, 0.1) is 18.3 Å². The molecule has 4 aliphatic carbocycles. The van der Waals surface area contributed by atoms with Gasteiger partial charge in [0.1, 0.15) is 0 Å². The van der Waals surface area contributed by atoms with Crippen LogP contribution in [0.4, 0.5) is 0 Å². The maximum atomic E-state index is 10.2. The molecule has 0 bridgehead atoms. The fourth-order valence-corrected chi connectivity index (χ4v) is 9.14. The van der Waals surface area contributed by atoms with Crippen LogP contribution in [0.1, 0.15) is 92.9 Å². The molecular formula is C28H46O2. The molecule has 0 aromatic heterocycles. The molecule has 170 valence electrons. The number of fused-ring (bicyclic) bond motifs is 5. The molecule has 5 rings (SSSR count). The summed E-state index contributed by atoms with van der Waals surface area (Å²) in [7, 11) is 0. The first kappa shape index (κ1) is 21.5. The SMILES string of the molecule is CC(C)[C@H](C)[C@@H]1O[C@H]1[C@@H](C)[C@H]1CCC2C3CC=C4C[C@@H](O)CC[C@]4(C)C3CC[C@@]21C. The van der Waals surface area contributed by atoms with Crippen molar-refractivity contribution in [3.05, 3.63) is 11.6 Å². The molecule has 2 heteroatoms. The molecule has 0 radical (unpaired) electrons. The van der Waals surface area contributed by atoms with Crippen molar-refractivity contribution in [2.45, 2.75) is 111 Å². The Kier molecular flexibility index (Phi) is 5.26. The summed E-state index contributed by atoms with van der Waals surface area (Å²) in [6.07, 6.45) is 13.6. The van der Waals surface area contributed by atoms with Gasteiger partial charge in [0.15, 0.2) is 0 Å². The Morgan fingerprint density at radius 2 is 1.73 bits per heavy atom. The predicted octanol–water partition coefficient (Wildman–Crippen LogP) is 6.62. The number of hydrogen-bond donors (Lipinski definition) is 1. The summed E-state index contributed by atoms with van der Waals surface area (Å²) < 4.78 is 6.31. The summed E-state index contributed by atoms with van der Waals surface area (Å²) in [4.78, 5) is 0. The van der Waals surface area contributed by atoms with E-state index in [0.717, 1.165) is 36.5 Å². The number of aliphatic hydroxyl groups is 1. The van der Waals surface area contributed by atoms with Gasteiger partial charge in [-0.15, -0.1) is 0 Å². The van der Waals surface area contributed by atoms with Crippen LogP contribution in [0.25, 0.3) is 0 Å². The monoisotopic (exact) mass is 414 g/mol. The Morgan fingerprint density at radius 3 is 2.47 bits per heavy atom. The van der Waals surface area contributed by atoms with E-state index >= 15 is 0 Å². The maximum absolute atomic E-state index is 10.2. The van der Waals surface area contributed by atoms with Crippen molar-refractivity contribution < 1.29 is 9.84 Å². The van der Waals surface area contributed by atoms with Crippen molar-refractivity contribution in [1.29, 1.82) is 0 Å². The lowest BCUT2D eigenvalue weighted by Crippen LogP contribution is -2.51. The van der Waals surface area contributed by atoms with Crippen molar-refractivity contribution in [2.75, 3.05) is 0 Å². The van der Waals surface area contributed by atoms with Gasteiger partial charge in [0, 0.05) is 0 Å². The van der Waals surface area contributed by atoms with Gasteiger partial charge in [-0.25, -0.2) is 0 Å². The average molecular weight is 415 g/mol. The lowest BCUT2D eigenvalue weighted by atomic mass is 9.47. The van der Waals surface area contributed by atoms with Gasteiger partial charge in [-0.3, -0.25) is 0 Å². The molecule has 1 saturated heterocycles. The molecule has 5 aliphatic rings. The van der Waals surface area contributed by atoms with Crippen molar-refractivity contribution in [3.63, 3.8) is 0 Å². The number of rotatable bonds is 4. The summed E-state index contributed by atoms with van der Waals surface area (Å²) in [5, 5.41) is 10.2. The van der Waals surface area contributed by atoms with E-state index in [1.807, 2.05) is 0 Å². The molecule has 0 aromatic carbocycles. The van der Waals surface area contributed by atoms with Crippen LogP contribution in [0.3, 0.4) is 0 Å². The third kappa shape index (κ3) is 3.10. The van der Waals surface area contributed by atoms with Crippen LogP contribution in [0.5, 0.6) is 0 Å². The highest BCUT2D eigenvalue weighted by molar-refractivity contribution is 5.25. The zero-order valence-corrected chi connectivity index (χ0v) is 20.4. The van der Waals surface area contributed by atoms with E-state index in [9.17, 15) is 5.11 Å². The molecule has 1 heterocycles. The van der Waals surface area contributed by atoms with Crippen molar-refractivity contribution in [2.24, 2.45) is 52.3 Å². The molecule has 1 aliphatic heterocycles. The Labute approximate surface area is 185 Å². The molecule has 3 unspecified atom stereocenters. The quantitative estimate of drug-likeness (QED) is 0.414. The van der Waals surface area contributed by atoms with Crippen LogP contribution in [-0.2, 0) is 4.74 Å². The number of ether oxygens (including phenoxy) is 1. The highest BCUT2D eigenvalue weighted by Crippen LogP contribution is 2.67. The molecule has 30 heavy (non-hydrogen) atoms. The zero-order chi connectivity index (χ0) is 21.4. The van der Waals surface area contributed by atoms with E-state index in [-0.39, 0.29) is 6.10 Å². The van der Waals surface area contributed by atoms with E-state index in [2.05, 4.69) is 47.6 Å². The van der Waals surface area contributed by atoms with Crippen LogP contribution in [0.15, 0.2) is 11.6 Å². The molecule has 4 fully saturated rings. The average Bonchev–Trinajstić information content (AvgIpc) is 3.42. The molecule has 2 nitrogen and oxygen atoms in total. The van der Waals surface area contributed by atoms with Crippen LogP contribution >= 0.6 is 0 Å². The molecule has 0 amide bonds. The summed E-state index contributed by atoms with van der Waals surface area (Å²) in [5.41, 5.74) is 2.48. The van der Waals surface area contributed by atoms with Crippen LogP contribution in [0.2, 0.25) is 0 Å². The van der Waals surface area contributed by atoms with E-state index in [1.165, 1.54) is 38.5 Å². The van der Waals surface area contributed by atoms with E-state index in [1.54, 1.807) is 5.57 Å². The number of epoxide rings is 1. The fraction of sp³-hybridized carbons (Fsp3) is 0.929. The second kappa shape index (κ2) is 7.34. The Bertz CT molecular complexity index is 697. The van der Waals surface area contributed by atoms with Gasteiger partial charge in [0.2, 0.25) is 0 Å². The molecular weight excluding hydrogens is 368 g/mol. The Morgan fingerprint density at radius 1 is 0.967 bits per heavy atom. The normalized spacial score (nSPS) is 52.1. The summed E-state index contributed by atoms with van der Waals surface area (Å²) in [6.45, 7) is 14.8. The van der Waals surface area contributed by atoms with Crippen molar-refractivity contribution in [3.8, 4) is 0 Å². The molecule has 3 saturated carbocycles. The first-order valence-corrected chi connectivity index (χ1v) is 13.2. The largest absolute Gasteiger partial charge is 0.393 e. The Balaban J connectivity index is 1.34. The van der Waals surface area contributed by atoms with Gasteiger partial charge >= 0.3 is 0 Å². The summed E-state index contributed by atoms with van der Waals surface area (Å²) in [6, 6.07) is 0. The highest BCUT2D eigenvalue weighted by atomic mass is 16.6. The van der Waals surface area contributed by atoms with Gasteiger partial charge < -0.3 is 9.84 Å². The van der Waals surface area contributed by atoms with Gasteiger partial charge in [-0.2, -0.15) is 0 Å². The maximum Gasteiger partial charge on any atom is 0.0873 e. The molecule has 0 spiro atoms. The van der Waals surface area contributed by atoms with Crippen LogP contribution < -0.4 is 0 Å². The van der Waals surface area contributed by atoms with E-state index < -0.39 is 0 Å². The Hall–Kier alpha value is -0.340. The van der Waals surface area contributed by atoms with Crippen LogP contribution in [-0.4, -0.2) is 23.4 Å². The first-order chi connectivity index (χ1) is 14.2. The lowest BCUT2D eigenvalue weighted by Gasteiger charge is -2.58. The smallest absolute Gasteiger partial charge is 0.0873 e. The van der Waals surface area contributed by atoms with E-state index in [0.29, 0.717) is 40.8 Å². The van der Waals surface area contributed by atoms with E-state index in [4.69, 9.17) is 4.74 Å². The third-order valence-electron chi connectivity index (χ3n) is 11.4. The van der Waals surface area contributed by atoms with Gasteiger partial charge in [0.25, 0.3) is 0 Å². The predicted molar refractivity (Wildman–Crippen MR) is 123 cm³/mol. The highest BCUT2D eigenvalue weighted by Gasteiger charge is 2.61. The second-order valence-corrected chi connectivity index (χ2v) is 12.9. The molecule has 0 aromatic rings. The topological polar surface area (TPSA) is 32.8 Å². The fourth-order valence-electron chi connectivity index (χ4n) is 9.14. The van der Waals surface area contributed by atoms with Crippen molar-refractivity contribution >= 4 is 0 Å². The standard InChI is InChI=1S/C28H46O2/c1-16(2)17(3)25-26(30-25)18(4)22-9-10-23-21-8-7-19-15-20(29)11-13-27(19,5)24(21)12-14-28(22,23)6/h7,16-18,20-26,29H,8-15H2,1-6H3/t17-,18-,20-,21?,22+,23?,24?,25-,26-,27-,28+/m0/s1. The zero-order valence-electron chi connectivity index (χ0n) is 20.4. The number of allylic oxidation sites excluding steroid dienone is 1. The first-order valence-electron chi connectivity index (χ1n) is 13.2. The second-order valence-electron chi connectivity index (χ2n) is 12.9. The van der Waals surface area contributed by atoms with Gasteiger partial charge in [-0.1, -0.05) is 53.2 Å². The summed E-state index contributed by atoms with van der Waals surface area (Å²) >= 11 is 0. The van der Waals surface area contributed by atoms with Gasteiger partial charge in [-0.05, 0) is 104 Å². The third-order valence-corrected chi connectivity index (χ3v) is 11.4. The lowest BCUT2D eigenvalue weighted by molar-refractivity contribution is -0.0582. The summed E-state index contributed by atoms with van der Waals surface area (Å²) in [5.74, 6) is 5.56. The number of aliphatic hydroxyl groups excluding tert-OH is 1. The number of hydrogen-bond acceptors (Lipinski definition) is 2. The van der Waals surface area contributed by atoms with Crippen molar-refractivity contribution in [1.82, 2.24) is 0 Å².